The Morgan fingerprint density at radius 2 is 1.81 bits per heavy atom. The summed E-state index contributed by atoms with van der Waals surface area (Å²) in [5, 5.41) is 12.0. The molecular formula is C16H31N3O6S. The Balaban J connectivity index is 2.73. The molecule has 0 bridgehead atoms. The number of nitrogens with one attached hydrogen (secondary N) is 1. The maximum Gasteiger partial charge on any atom is 0.409 e. The van der Waals surface area contributed by atoms with Gasteiger partial charge in [0, 0.05) is 26.2 Å². The number of ether oxygens (including phenoxy) is 1. The van der Waals surface area contributed by atoms with E-state index in [4.69, 9.17) is 4.74 Å². The summed E-state index contributed by atoms with van der Waals surface area (Å²) in [7, 11) is -3.36. The molecule has 0 aromatic carbocycles. The lowest BCUT2D eigenvalue weighted by Crippen LogP contribution is -2.67. The number of amides is 1. The van der Waals surface area contributed by atoms with Gasteiger partial charge in [0.1, 0.15) is 0 Å². The molecule has 1 saturated heterocycles. The van der Waals surface area contributed by atoms with Crippen molar-refractivity contribution in [1.82, 2.24) is 14.5 Å². The number of hydrogen-bond donors (Lipinski definition) is 2. The van der Waals surface area contributed by atoms with Gasteiger partial charge >= 0.3 is 12.1 Å². The average molecular weight is 394 g/mol. The molecule has 1 unspecified atom stereocenters. The third kappa shape index (κ3) is 6.10. The number of alkyl carbamates (subject to hydrolysis) is 1. The molecule has 10 heteroatoms. The Bertz CT molecular complexity index is 587. The summed E-state index contributed by atoms with van der Waals surface area (Å²) in [6.45, 7) is 8.01. The molecule has 1 rings (SSSR count). The average Bonchev–Trinajstić information content (AvgIpc) is 2.53. The highest BCUT2D eigenvalue weighted by molar-refractivity contribution is 7.89. The van der Waals surface area contributed by atoms with Gasteiger partial charge in [-0.25, -0.2) is 18.0 Å². The number of aliphatic carboxylic acids is 1. The first-order valence-electron chi connectivity index (χ1n) is 8.94. The largest absolute Gasteiger partial charge is 0.478 e. The fraction of sp³-hybridized carbons (Fsp3) is 0.875. The first-order chi connectivity index (χ1) is 12.0. The zero-order valence-electron chi connectivity index (χ0n) is 16.0. The van der Waals surface area contributed by atoms with Crippen LogP contribution < -0.4 is 5.32 Å². The molecule has 0 spiro atoms. The number of carbonyl (C=O) groups is 2. The van der Waals surface area contributed by atoms with E-state index < -0.39 is 27.7 Å². The molecule has 0 aliphatic carbocycles. The van der Waals surface area contributed by atoms with Crippen LogP contribution in [0.1, 0.15) is 40.5 Å². The van der Waals surface area contributed by atoms with Gasteiger partial charge in [-0.1, -0.05) is 27.2 Å². The van der Waals surface area contributed by atoms with Crippen LogP contribution in [0.3, 0.4) is 0 Å². The molecular weight excluding hydrogens is 362 g/mol. The minimum absolute atomic E-state index is 0.0156. The molecule has 1 heterocycles. The number of hydrogen-bond acceptors (Lipinski definition) is 6. The fourth-order valence-corrected chi connectivity index (χ4v) is 4.52. The van der Waals surface area contributed by atoms with E-state index in [9.17, 15) is 23.1 Å². The van der Waals surface area contributed by atoms with Crippen LogP contribution in [0, 0.1) is 5.92 Å². The molecule has 0 saturated carbocycles. The Kier molecular flexibility index (Phi) is 8.29. The number of carboxylic acids is 1. The molecule has 1 aliphatic heterocycles. The van der Waals surface area contributed by atoms with Gasteiger partial charge in [0.25, 0.3) is 0 Å². The SMILES string of the molecule is CCCCOC(=O)NC(C)(C(=O)O)N1CCN(S(=O)(=O)CC(C)C)CC1. The summed E-state index contributed by atoms with van der Waals surface area (Å²) in [4.78, 5) is 25.2. The van der Waals surface area contributed by atoms with E-state index in [2.05, 4.69) is 5.32 Å². The predicted molar refractivity (Wildman–Crippen MR) is 97.2 cm³/mol. The van der Waals surface area contributed by atoms with Crippen LogP contribution in [0.25, 0.3) is 0 Å². The van der Waals surface area contributed by atoms with E-state index in [1.807, 2.05) is 20.8 Å². The van der Waals surface area contributed by atoms with Gasteiger partial charge in [0.2, 0.25) is 10.0 Å². The molecule has 26 heavy (non-hydrogen) atoms. The standard InChI is InChI=1S/C16H31N3O6S/c1-5-6-11-25-15(22)17-16(4,14(20)21)18-7-9-19(10-8-18)26(23,24)12-13(2)3/h13H,5-12H2,1-4H3,(H,17,22)(H,20,21). The van der Waals surface area contributed by atoms with Gasteiger partial charge in [-0.15, -0.1) is 0 Å². The summed E-state index contributed by atoms with van der Waals surface area (Å²) in [6, 6.07) is 0. The molecule has 1 fully saturated rings. The second-order valence-electron chi connectivity index (χ2n) is 7.05. The maximum atomic E-state index is 12.3. The highest BCUT2D eigenvalue weighted by Crippen LogP contribution is 2.18. The van der Waals surface area contributed by atoms with E-state index in [1.54, 1.807) is 4.90 Å². The van der Waals surface area contributed by atoms with Crippen molar-refractivity contribution < 1.29 is 27.9 Å². The first-order valence-corrected chi connectivity index (χ1v) is 10.5. The first kappa shape index (κ1) is 22.7. The molecule has 1 aliphatic rings. The van der Waals surface area contributed by atoms with Gasteiger partial charge in [-0.2, -0.15) is 4.31 Å². The second kappa shape index (κ2) is 9.52. The molecule has 1 amide bonds. The monoisotopic (exact) mass is 393 g/mol. The van der Waals surface area contributed by atoms with Crippen molar-refractivity contribution in [3.05, 3.63) is 0 Å². The van der Waals surface area contributed by atoms with Crippen LogP contribution in [-0.2, 0) is 19.6 Å². The van der Waals surface area contributed by atoms with Crippen LogP contribution >= 0.6 is 0 Å². The molecule has 152 valence electrons. The van der Waals surface area contributed by atoms with E-state index in [-0.39, 0.29) is 44.5 Å². The predicted octanol–water partition coefficient (Wildman–Crippen LogP) is 0.917. The van der Waals surface area contributed by atoms with Crippen molar-refractivity contribution in [2.75, 3.05) is 38.5 Å². The molecule has 0 radical (unpaired) electrons. The van der Waals surface area contributed by atoms with Gasteiger partial charge in [0.15, 0.2) is 5.66 Å². The molecule has 0 aromatic heterocycles. The number of rotatable bonds is 9. The maximum absolute atomic E-state index is 12.3. The molecule has 1 atom stereocenters. The fourth-order valence-electron chi connectivity index (χ4n) is 2.75. The van der Waals surface area contributed by atoms with Crippen LogP contribution in [0.2, 0.25) is 0 Å². The summed E-state index contributed by atoms with van der Waals surface area (Å²) < 4.78 is 31.0. The van der Waals surface area contributed by atoms with E-state index in [1.165, 1.54) is 11.2 Å². The van der Waals surface area contributed by atoms with Crippen LogP contribution in [0.5, 0.6) is 0 Å². The van der Waals surface area contributed by atoms with E-state index in [0.717, 1.165) is 6.42 Å². The van der Waals surface area contributed by atoms with Gasteiger partial charge < -0.3 is 9.84 Å². The Morgan fingerprint density at radius 3 is 2.27 bits per heavy atom. The molecule has 0 aromatic rings. The topological polar surface area (TPSA) is 116 Å². The van der Waals surface area contributed by atoms with Crippen molar-refractivity contribution in [3.8, 4) is 0 Å². The Labute approximate surface area is 155 Å². The van der Waals surface area contributed by atoms with Crippen molar-refractivity contribution in [3.63, 3.8) is 0 Å². The van der Waals surface area contributed by atoms with Crippen LogP contribution in [0.15, 0.2) is 0 Å². The molecule has 9 nitrogen and oxygen atoms in total. The lowest BCUT2D eigenvalue weighted by molar-refractivity contribution is -0.153. The van der Waals surface area contributed by atoms with E-state index in [0.29, 0.717) is 6.42 Å². The lowest BCUT2D eigenvalue weighted by Gasteiger charge is -2.42. The summed E-state index contributed by atoms with van der Waals surface area (Å²) in [5.41, 5.74) is -1.66. The zero-order chi connectivity index (χ0) is 20.0. The summed E-state index contributed by atoms with van der Waals surface area (Å²) in [5.74, 6) is -1.14. The quantitative estimate of drug-likeness (QED) is 0.559. The number of carboxylic acid groups (broad SMARTS) is 1. The van der Waals surface area contributed by atoms with Gasteiger partial charge in [-0.05, 0) is 19.3 Å². The third-order valence-electron chi connectivity index (χ3n) is 4.30. The highest BCUT2D eigenvalue weighted by Gasteiger charge is 2.44. The summed E-state index contributed by atoms with van der Waals surface area (Å²) in [6.07, 6.45) is 0.762. The van der Waals surface area contributed by atoms with Gasteiger partial charge in [-0.3, -0.25) is 10.2 Å². The van der Waals surface area contributed by atoms with Crippen molar-refractivity contribution in [1.29, 1.82) is 0 Å². The van der Waals surface area contributed by atoms with E-state index >= 15 is 0 Å². The normalized spacial score (nSPS) is 19.1. The number of nitrogens with zero attached hydrogens (tertiary/aromatic N) is 2. The second-order valence-corrected chi connectivity index (χ2v) is 9.06. The Morgan fingerprint density at radius 1 is 1.23 bits per heavy atom. The minimum atomic E-state index is -3.36. The highest BCUT2D eigenvalue weighted by atomic mass is 32.2. The number of sulfonamides is 1. The number of piperazine rings is 1. The van der Waals surface area contributed by atoms with Crippen molar-refractivity contribution in [2.45, 2.75) is 46.2 Å². The number of unbranched alkanes of at least 4 members (excludes halogenated alkanes) is 1. The Hall–Kier alpha value is -1.39. The lowest BCUT2D eigenvalue weighted by atomic mass is 10.1. The summed E-state index contributed by atoms with van der Waals surface area (Å²) >= 11 is 0. The third-order valence-corrected chi connectivity index (χ3v) is 6.54. The van der Waals surface area contributed by atoms with Crippen molar-refractivity contribution in [2.24, 2.45) is 5.92 Å². The zero-order valence-corrected chi connectivity index (χ0v) is 16.8. The van der Waals surface area contributed by atoms with Crippen LogP contribution in [-0.4, -0.2) is 79.0 Å². The minimum Gasteiger partial charge on any atom is -0.478 e. The van der Waals surface area contributed by atoms with Crippen molar-refractivity contribution >= 4 is 22.1 Å². The van der Waals surface area contributed by atoms with Gasteiger partial charge in [0.05, 0.1) is 12.4 Å². The molecule has 2 N–H and O–H groups in total. The number of carbonyl (C=O) groups excluding carboxylic acids is 1. The smallest absolute Gasteiger partial charge is 0.409 e. The van der Waals surface area contributed by atoms with Crippen LogP contribution in [0.4, 0.5) is 4.79 Å².